The summed E-state index contributed by atoms with van der Waals surface area (Å²) in [6.45, 7) is 2.04. The largest absolute Gasteiger partial charge is 0.481 e. The summed E-state index contributed by atoms with van der Waals surface area (Å²) in [6.07, 6.45) is 1.60. The van der Waals surface area contributed by atoms with Crippen LogP contribution in [-0.4, -0.2) is 137 Å². The van der Waals surface area contributed by atoms with Crippen molar-refractivity contribution >= 4 is 35.7 Å². The van der Waals surface area contributed by atoms with Gasteiger partial charge in [0.25, 0.3) is 11.8 Å². The van der Waals surface area contributed by atoms with Gasteiger partial charge in [-0.05, 0) is 37.8 Å². The molecule has 0 saturated carbocycles. The van der Waals surface area contributed by atoms with Crippen LogP contribution in [0.4, 0.5) is 9.18 Å². The Bertz CT molecular complexity index is 1500. The lowest BCUT2D eigenvalue weighted by Gasteiger charge is -2.36. The molecule has 2 atom stereocenters. The van der Waals surface area contributed by atoms with Crippen LogP contribution in [0.3, 0.4) is 0 Å². The summed E-state index contributed by atoms with van der Waals surface area (Å²) in [4.78, 5) is 80.7. The fraction of sp³-hybridized carbons (Fsp3) is 0.545. The number of aliphatic carboxylic acids is 1. The van der Waals surface area contributed by atoms with E-state index in [9.17, 15) is 38.3 Å². The van der Waals surface area contributed by atoms with Gasteiger partial charge in [-0.3, -0.25) is 24.0 Å². The molecule has 2 aliphatic rings. The molecule has 1 aromatic carbocycles. The van der Waals surface area contributed by atoms with Crippen LogP contribution in [0.5, 0.6) is 5.88 Å². The molecule has 3 heterocycles. The molecule has 0 radical (unpaired) electrons. The van der Waals surface area contributed by atoms with Crippen molar-refractivity contribution in [1.29, 1.82) is 0 Å². The number of likely N-dealkylation sites (tertiary alicyclic amines) is 1. The van der Waals surface area contributed by atoms with Crippen LogP contribution in [0.1, 0.15) is 55.9 Å². The maximum Gasteiger partial charge on any atom is 0.409 e. The first-order chi connectivity index (χ1) is 24.1. The van der Waals surface area contributed by atoms with Crippen molar-refractivity contribution in [3.05, 3.63) is 42.1 Å². The molecule has 2 aromatic rings. The third-order valence-corrected chi connectivity index (χ3v) is 8.35. The van der Waals surface area contributed by atoms with Crippen molar-refractivity contribution in [2.45, 2.75) is 57.5 Å². The Morgan fingerprint density at radius 2 is 1.76 bits per heavy atom. The SMILES string of the molecule is CCCCOC(=O)N1CCN(C(=O)[C@H](CCC(=O)O)NC(=O)c2cc(OCC(=O)N3CCC[C@H]3C(=O)NCCF)n(-c3ccccc3)n2)CC1. The summed E-state index contributed by atoms with van der Waals surface area (Å²) in [5.74, 6) is -3.32. The molecule has 0 unspecified atom stereocenters. The van der Waals surface area contributed by atoms with Gasteiger partial charge in [0.2, 0.25) is 17.7 Å². The summed E-state index contributed by atoms with van der Waals surface area (Å²) in [6, 6.07) is 8.00. The average molecular weight is 702 g/mol. The van der Waals surface area contributed by atoms with Gasteiger partial charge in [0.05, 0.1) is 12.3 Å². The molecular formula is C33H44FN7O9. The molecule has 0 aliphatic carbocycles. The molecule has 16 nitrogen and oxygen atoms in total. The smallest absolute Gasteiger partial charge is 0.409 e. The zero-order valence-corrected chi connectivity index (χ0v) is 28.1. The predicted molar refractivity (Wildman–Crippen MR) is 175 cm³/mol. The van der Waals surface area contributed by atoms with Crippen LogP contribution in [0.15, 0.2) is 36.4 Å². The highest BCUT2D eigenvalue weighted by molar-refractivity contribution is 5.96. The summed E-state index contributed by atoms with van der Waals surface area (Å²) in [5, 5.41) is 18.8. The molecule has 2 fully saturated rings. The summed E-state index contributed by atoms with van der Waals surface area (Å²) in [7, 11) is 0. The number of carbonyl (C=O) groups is 6. The Labute approximate surface area is 288 Å². The van der Waals surface area contributed by atoms with E-state index in [0.717, 1.165) is 12.8 Å². The molecule has 0 spiro atoms. The number of amides is 5. The van der Waals surface area contributed by atoms with Gasteiger partial charge in [0, 0.05) is 51.8 Å². The quantitative estimate of drug-likeness (QED) is 0.215. The van der Waals surface area contributed by atoms with Crippen molar-refractivity contribution < 1.29 is 47.7 Å². The van der Waals surface area contributed by atoms with Crippen LogP contribution in [0.2, 0.25) is 0 Å². The first kappa shape index (κ1) is 37.6. The van der Waals surface area contributed by atoms with Crippen molar-refractivity contribution in [2.75, 3.05) is 59.2 Å². The first-order valence-electron chi connectivity index (χ1n) is 16.8. The minimum absolute atomic E-state index is 0.0303. The fourth-order valence-corrected chi connectivity index (χ4v) is 5.66. The number of benzene rings is 1. The number of alkyl halides is 1. The molecule has 1 aromatic heterocycles. The minimum Gasteiger partial charge on any atom is -0.481 e. The molecule has 50 heavy (non-hydrogen) atoms. The highest BCUT2D eigenvalue weighted by atomic mass is 19.1. The van der Waals surface area contributed by atoms with E-state index in [1.165, 1.54) is 25.4 Å². The molecule has 0 bridgehead atoms. The maximum atomic E-state index is 13.5. The van der Waals surface area contributed by atoms with E-state index < -0.39 is 67.5 Å². The number of hydrogen-bond acceptors (Lipinski definition) is 9. The Kier molecular flexibility index (Phi) is 13.9. The van der Waals surface area contributed by atoms with E-state index >= 15 is 0 Å². The Balaban J connectivity index is 1.45. The number of aromatic nitrogens is 2. The lowest BCUT2D eigenvalue weighted by atomic mass is 10.1. The van der Waals surface area contributed by atoms with Gasteiger partial charge >= 0.3 is 12.1 Å². The van der Waals surface area contributed by atoms with E-state index in [4.69, 9.17) is 9.47 Å². The van der Waals surface area contributed by atoms with Gasteiger partial charge in [0.15, 0.2) is 12.3 Å². The molecule has 2 aliphatic heterocycles. The number of carboxylic acid groups (broad SMARTS) is 1. The number of unbranched alkanes of at least 4 members (excludes halogenated alkanes) is 1. The van der Waals surface area contributed by atoms with Gasteiger partial charge in [-0.1, -0.05) is 31.5 Å². The second kappa shape index (κ2) is 18.5. The number of halogens is 1. The maximum absolute atomic E-state index is 13.5. The standard InChI is InChI=1S/C33H44FN7O9/c1-2-3-20-49-33(48)39-18-16-38(17-19-39)32(47)24(11-12-29(43)44)36-30(45)25-21-28(41(37-25)23-8-5-4-6-9-23)50-22-27(42)40-15-7-10-26(40)31(46)35-14-13-34/h4-6,8-9,21,24,26H,2-3,7,10-20,22H2,1H3,(H,35,46)(H,36,45)(H,43,44)/t24-,26-/m0/s1. The number of piperazine rings is 1. The first-order valence-corrected chi connectivity index (χ1v) is 16.8. The molecule has 272 valence electrons. The topological polar surface area (TPSA) is 193 Å². The van der Waals surface area contributed by atoms with Crippen molar-refractivity contribution in [3.8, 4) is 11.6 Å². The molecule has 3 N–H and O–H groups in total. The fourth-order valence-electron chi connectivity index (χ4n) is 5.66. The Hall–Kier alpha value is -5.22. The van der Waals surface area contributed by atoms with E-state index in [2.05, 4.69) is 15.7 Å². The molecule has 17 heteroatoms. The van der Waals surface area contributed by atoms with E-state index in [-0.39, 0.29) is 50.7 Å². The molecular weight excluding hydrogens is 657 g/mol. The van der Waals surface area contributed by atoms with Gasteiger partial charge in [-0.25, -0.2) is 13.9 Å². The lowest BCUT2D eigenvalue weighted by molar-refractivity contribution is -0.140. The van der Waals surface area contributed by atoms with Crippen LogP contribution in [-0.2, 0) is 23.9 Å². The number of carboxylic acids is 1. The number of ether oxygens (including phenoxy) is 2. The third kappa shape index (κ3) is 10.1. The van der Waals surface area contributed by atoms with Gasteiger partial charge in [-0.15, -0.1) is 0 Å². The van der Waals surface area contributed by atoms with Crippen molar-refractivity contribution in [1.82, 2.24) is 35.1 Å². The molecule has 5 amide bonds. The highest BCUT2D eigenvalue weighted by Gasteiger charge is 2.35. The van der Waals surface area contributed by atoms with Gasteiger partial charge in [0.1, 0.15) is 18.8 Å². The number of hydrogen-bond donors (Lipinski definition) is 3. The number of nitrogens with one attached hydrogen (secondary N) is 2. The molecule has 2 saturated heterocycles. The summed E-state index contributed by atoms with van der Waals surface area (Å²) >= 11 is 0. The van der Waals surface area contributed by atoms with Crippen molar-refractivity contribution in [2.24, 2.45) is 0 Å². The normalized spacial score (nSPS) is 16.4. The minimum atomic E-state index is -1.20. The summed E-state index contributed by atoms with van der Waals surface area (Å²) in [5.41, 5.74) is 0.344. The number of carbonyl (C=O) groups excluding carboxylic acids is 5. The third-order valence-electron chi connectivity index (χ3n) is 8.35. The van der Waals surface area contributed by atoms with E-state index in [0.29, 0.717) is 31.7 Å². The van der Waals surface area contributed by atoms with Crippen LogP contribution in [0.25, 0.3) is 5.69 Å². The zero-order chi connectivity index (χ0) is 36.0. The van der Waals surface area contributed by atoms with Crippen LogP contribution >= 0.6 is 0 Å². The highest BCUT2D eigenvalue weighted by Crippen LogP contribution is 2.22. The predicted octanol–water partition coefficient (Wildman–Crippen LogP) is 1.37. The van der Waals surface area contributed by atoms with E-state index in [1.54, 1.807) is 30.3 Å². The number of para-hydroxylation sites is 1. The van der Waals surface area contributed by atoms with Gasteiger partial charge < -0.3 is 39.9 Å². The Morgan fingerprint density at radius 1 is 1.04 bits per heavy atom. The second-order valence-electron chi connectivity index (χ2n) is 11.9. The zero-order valence-electron chi connectivity index (χ0n) is 28.1. The lowest BCUT2D eigenvalue weighted by Crippen LogP contribution is -2.56. The Morgan fingerprint density at radius 3 is 2.44 bits per heavy atom. The van der Waals surface area contributed by atoms with Gasteiger partial charge in [-0.2, -0.15) is 5.10 Å². The van der Waals surface area contributed by atoms with Crippen molar-refractivity contribution in [3.63, 3.8) is 0 Å². The second-order valence-corrected chi connectivity index (χ2v) is 11.9. The van der Waals surface area contributed by atoms with Crippen LogP contribution in [0, 0.1) is 0 Å². The van der Waals surface area contributed by atoms with Crippen LogP contribution < -0.4 is 15.4 Å². The van der Waals surface area contributed by atoms with E-state index in [1.807, 2.05) is 6.92 Å². The number of rotatable bonds is 16. The molecule has 4 rings (SSSR count). The monoisotopic (exact) mass is 701 g/mol. The average Bonchev–Trinajstić information content (AvgIpc) is 3.80. The number of nitrogens with zero attached hydrogens (tertiary/aromatic N) is 5. The summed E-state index contributed by atoms with van der Waals surface area (Å²) < 4.78 is 25.0.